The molecule has 0 spiro atoms. The van der Waals surface area contributed by atoms with E-state index in [4.69, 9.17) is 10.5 Å². The van der Waals surface area contributed by atoms with Crippen LogP contribution in [0.4, 0.5) is 11.4 Å². The van der Waals surface area contributed by atoms with Gasteiger partial charge in [-0.2, -0.15) is 0 Å². The van der Waals surface area contributed by atoms with Crippen LogP contribution in [-0.4, -0.2) is 23.7 Å². The van der Waals surface area contributed by atoms with Crippen molar-refractivity contribution < 1.29 is 14.3 Å². The number of thioether (sulfide) groups is 1. The van der Waals surface area contributed by atoms with E-state index in [0.717, 1.165) is 4.90 Å². The van der Waals surface area contributed by atoms with Gasteiger partial charge in [-0.05, 0) is 55.5 Å². The highest BCUT2D eigenvalue weighted by Gasteiger charge is 2.40. The molecule has 3 rings (SSSR count). The lowest BCUT2D eigenvalue weighted by Gasteiger charge is -2.15. The SMILES string of the molecule is CCOc1ccc(N2C(=O)C[C@@H](Sc3ccc(N)cc3)C2=O)cc1. The summed E-state index contributed by atoms with van der Waals surface area (Å²) in [5.74, 6) is 0.344. The fraction of sp³-hybridized carbons (Fsp3) is 0.222. The highest BCUT2D eigenvalue weighted by molar-refractivity contribution is 8.00. The monoisotopic (exact) mass is 342 g/mol. The fourth-order valence-electron chi connectivity index (χ4n) is 2.54. The van der Waals surface area contributed by atoms with Gasteiger partial charge >= 0.3 is 0 Å². The van der Waals surface area contributed by atoms with Crippen LogP contribution in [0, 0.1) is 0 Å². The molecular weight excluding hydrogens is 324 g/mol. The minimum Gasteiger partial charge on any atom is -0.494 e. The lowest BCUT2D eigenvalue weighted by Crippen LogP contribution is -2.31. The Bertz CT molecular complexity index is 744. The number of benzene rings is 2. The number of nitrogens with two attached hydrogens (primary N) is 1. The second kappa shape index (κ2) is 6.97. The van der Waals surface area contributed by atoms with E-state index in [1.165, 1.54) is 16.7 Å². The number of amides is 2. The minimum atomic E-state index is -0.410. The Hall–Kier alpha value is -2.47. The van der Waals surface area contributed by atoms with Crippen LogP contribution in [0.5, 0.6) is 5.75 Å². The molecule has 2 N–H and O–H groups in total. The van der Waals surface area contributed by atoms with Crippen LogP contribution in [0.3, 0.4) is 0 Å². The molecule has 1 saturated heterocycles. The molecule has 1 atom stereocenters. The molecule has 1 aliphatic rings. The van der Waals surface area contributed by atoms with Gasteiger partial charge in [-0.25, -0.2) is 4.90 Å². The van der Waals surface area contributed by atoms with Gasteiger partial charge < -0.3 is 10.5 Å². The molecule has 24 heavy (non-hydrogen) atoms. The van der Waals surface area contributed by atoms with Gasteiger partial charge in [0.05, 0.1) is 17.5 Å². The zero-order valence-electron chi connectivity index (χ0n) is 13.3. The standard InChI is InChI=1S/C18H18N2O3S/c1-2-23-14-7-5-13(6-8-14)20-17(21)11-16(18(20)22)24-15-9-3-12(19)4-10-15/h3-10,16H,2,11,19H2,1H3/t16-/m1/s1. The molecule has 0 aromatic heterocycles. The third kappa shape index (κ3) is 3.38. The number of nitrogen functional groups attached to an aromatic ring is 1. The molecule has 0 saturated carbocycles. The number of imide groups is 1. The Labute approximate surface area is 144 Å². The molecule has 1 aliphatic heterocycles. The Balaban J connectivity index is 1.74. The summed E-state index contributed by atoms with van der Waals surface area (Å²) >= 11 is 1.39. The van der Waals surface area contributed by atoms with Gasteiger partial charge in [0.15, 0.2) is 0 Å². The largest absolute Gasteiger partial charge is 0.494 e. The van der Waals surface area contributed by atoms with E-state index in [9.17, 15) is 9.59 Å². The number of hydrogen-bond donors (Lipinski definition) is 1. The summed E-state index contributed by atoms with van der Waals surface area (Å²) in [6.45, 7) is 2.47. The van der Waals surface area contributed by atoms with Crippen LogP contribution in [0.15, 0.2) is 53.4 Å². The van der Waals surface area contributed by atoms with Gasteiger partial charge in [-0.1, -0.05) is 0 Å². The molecule has 2 aromatic rings. The molecule has 0 unspecified atom stereocenters. The molecule has 6 heteroatoms. The first kappa shape index (κ1) is 16.4. The van der Waals surface area contributed by atoms with Crippen LogP contribution >= 0.6 is 11.8 Å². The third-order valence-corrected chi connectivity index (χ3v) is 4.87. The van der Waals surface area contributed by atoms with Crippen molar-refractivity contribution in [2.24, 2.45) is 0 Å². The van der Waals surface area contributed by atoms with Gasteiger partial charge in [-0.3, -0.25) is 9.59 Å². The molecule has 1 fully saturated rings. The normalized spacial score (nSPS) is 17.4. The molecule has 2 amide bonds. The van der Waals surface area contributed by atoms with E-state index >= 15 is 0 Å². The average molecular weight is 342 g/mol. The van der Waals surface area contributed by atoms with Gasteiger partial charge in [0.2, 0.25) is 11.8 Å². The van der Waals surface area contributed by atoms with Gasteiger partial charge in [-0.15, -0.1) is 11.8 Å². The molecule has 0 bridgehead atoms. The van der Waals surface area contributed by atoms with Crippen molar-refractivity contribution in [1.29, 1.82) is 0 Å². The van der Waals surface area contributed by atoms with E-state index in [0.29, 0.717) is 23.7 Å². The van der Waals surface area contributed by atoms with Crippen LogP contribution in [-0.2, 0) is 9.59 Å². The van der Waals surface area contributed by atoms with Crippen LogP contribution < -0.4 is 15.4 Å². The van der Waals surface area contributed by atoms with Crippen molar-refractivity contribution in [3.05, 3.63) is 48.5 Å². The second-order valence-electron chi connectivity index (χ2n) is 5.37. The molecule has 124 valence electrons. The summed E-state index contributed by atoms with van der Waals surface area (Å²) in [4.78, 5) is 27.1. The first-order valence-corrected chi connectivity index (χ1v) is 8.58. The van der Waals surface area contributed by atoms with E-state index < -0.39 is 5.25 Å². The van der Waals surface area contributed by atoms with Crippen LogP contribution in [0.25, 0.3) is 0 Å². The maximum Gasteiger partial charge on any atom is 0.247 e. The van der Waals surface area contributed by atoms with E-state index in [1.54, 1.807) is 36.4 Å². The Morgan fingerprint density at radius 3 is 2.42 bits per heavy atom. The Morgan fingerprint density at radius 2 is 1.79 bits per heavy atom. The number of nitrogens with zero attached hydrogens (tertiary/aromatic N) is 1. The number of carbonyl (C=O) groups excluding carboxylic acids is 2. The van der Waals surface area contributed by atoms with Gasteiger partial charge in [0.25, 0.3) is 0 Å². The van der Waals surface area contributed by atoms with E-state index in [2.05, 4.69) is 0 Å². The Morgan fingerprint density at radius 1 is 1.12 bits per heavy atom. The minimum absolute atomic E-state index is 0.183. The molecule has 0 radical (unpaired) electrons. The van der Waals surface area contributed by atoms with Crippen molar-refractivity contribution >= 4 is 35.0 Å². The highest BCUT2D eigenvalue weighted by atomic mass is 32.2. The summed E-state index contributed by atoms with van der Waals surface area (Å²) in [5, 5.41) is -0.410. The lowest BCUT2D eigenvalue weighted by atomic mass is 10.3. The Kier molecular flexibility index (Phi) is 4.76. The number of anilines is 2. The number of ether oxygens (including phenoxy) is 1. The van der Waals surface area contributed by atoms with Gasteiger partial charge in [0.1, 0.15) is 5.75 Å². The predicted octanol–water partition coefficient (Wildman–Crippen LogP) is 3.09. The predicted molar refractivity (Wildman–Crippen MR) is 95.2 cm³/mol. The molecule has 1 heterocycles. The number of hydrogen-bond acceptors (Lipinski definition) is 5. The lowest BCUT2D eigenvalue weighted by molar-refractivity contribution is -0.121. The zero-order valence-corrected chi connectivity index (χ0v) is 14.1. The maximum absolute atomic E-state index is 12.6. The molecular formula is C18H18N2O3S. The molecule has 5 nitrogen and oxygen atoms in total. The van der Waals surface area contributed by atoms with Crippen molar-refractivity contribution in [2.75, 3.05) is 17.2 Å². The summed E-state index contributed by atoms with van der Waals surface area (Å²) < 4.78 is 5.38. The van der Waals surface area contributed by atoms with Crippen molar-refractivity contribution in [3.63, 3.8) is 0 Å². The summed E-state index contributed by atoms with van der Waals surface area (Å²) in [5.41, 5.74) is 6.92. The van der Waals surface area contributed by atoms with Crippen molar-refractivity contribution in [1.82, 2.24) is 0 Å². The highest BCUT2D eigenvalue weighted by Crippen LogP contribution is 2.34. The van der Waals surface area contributed by atoms with Crippen molar-refractivity contribution in [3.8, 4) is 5.75 Å². The van der Waals surface area contributed by atoms with Crippen LogP contribution in [0.2, 0.25) is 0 Å². The number of carbonyl (C=O) groups is 2. The third-order valence-electron chi connectivity index (χ3n) is 3.67. The first-order valence-electron chi connectivity index (χ1n) is 7.70. The smallest absolute Gasteiger partial charge is 0.247 e. The second-order valence-corrected chi connectivity index (χ2v) is 6.65. The maximum atomic E-state index is 12.6. The zero-order chi connectivity index (χ0) is 17.1. The summed E-state index contributed by atoms with van der Waals surface area (Å²) in [6.07, 6.45) is 0.196. The molecule has 2 aromatic carbocycles. The first-order chi connectivity index (χ1) is 11.6. The molecule has 0 aliphatic carbocycles. The topological polar surface area (TPSA) is 72.6 Å². The summed E-state index contributed by atoms with van der Waals surface area (Å²) in [6, 6.07) is 14.3. The van der Waals surface area contributed by atoms with E-state index in [-0.39, 0.29) is 18.2 Å². The number of rotatable bonds is 5. The van der Waals surface area contributed by atoms with Crippen LogP contribution in [0.1, 0.15) is 13.3 Å². The fourth-order valence-corrected chi connectivity index (χ4v) is 3.59. The van der Waals surface area contributed by atoms with Gasteiger partial charge in [0, 0.05) is 17.0 Å². The van der Waals surface area contributed by atoms with E-state index in [1.807, 2.05) is 19.1 Å². The summed E-state index contributed by atoms with van der Waals surface area (Å²) in [7, 11) is 0. The van der Waals surface area contributed by atoms with Crippen molar-refractivity contribution in [2.45, 2.75) is 23.5 Å². The quantitative estimate of drug-likeness (QED) is 0.668. The average Bonchev–Trinajstić information content (AvgIpc) is 2.85.